The van der Waals surface area contributed by atoms with Crippen molar-refractivity contribution < 1.29 is 17.0 Å². The highest BCUT2D eigenvalue weighted by Gasteiger charge is 2.14. The highest BCUT2D eigenvalue weighted by atomic mass is 32.2. The van der Waals surface area contributed by atoms with Gasteiger partial charge in [0.25, 0.3) is 10.1 Å². The lowest BCUT2D eigenvalue weighted by Gasteiger charge is -2.06. The van der Waals surface area contributed by atoms with E-state index in [1.165, 1.54) is 25.5 Å². The fourth-order valence-corrected chi connectivity index (χ4v) is 2.09. The monoisotopic (exact) mass is 259 g/mol. The van der Waals surface area contributed by atoms with E-state index in [1.54, 1.807) is 12.1 Å². The molecule has 0 aliphatic carbocycles. The van der Waals surface area contributed by atoms with Gasteiger partial charge in [-0.1, -0.05) is 17.7 Å². The molecule has 95 valence electrons. The van der Waals surface area contributed by atoms with Gasteiger partial charge in [-0.15, -0.1) is 0 Å². The van der Waals surface area contributed by atoms with Crippen LogP contribution in [0, 0.1) is 13.3 Å². The summed E-state index contributed by atoms with van der Waals surface area (Å²) in [6.07, 6.45) is 0.667. The number of hydrogen-bond donors (Lipinski definition) is 0. The molecule has 0 saturated carbocycles. The van der Waals surface area contributed by atoms with Crippen LogP contribution in [-0.2, 0) is 14.3 Å². The summed E-state index contributed by atoms with van der Waals surface area (Å²) < 4.78 is 40.5. The van der Waals surface area contributed by atoms with E-state index in [2.05, 4.69) is 0 Å². The highest BCUT2D eigenvalue weighted by Crippen LogP contribution is 2.13. The first kappa shape index (κ1) is 14.1. The van der Waals surface area contributed by atoms with Crippen molar-refractivity contribution >= 4 is 10.1 Å². The summed E-state index contributed by atoms with van der Waals surface area (Å²) in [6.45, 7) is 3.17. The molecule has 1 atom stereocenters. The van der Waals surface area contributed by atoms with Crippen LogP contribution in [0.3, 0.4) is 0 Å². The van der Waals surface area contributed by atoms with Gasteiger partial charge in [0, 0.05) is 0 Å². The SMILES string of the molecule is Cc1ccc(S(=O)(=O)OC[CH]CC(C)F)cc1. The van der Waals surface area contributed by atoms with Gasteiger partial charge in [-0.05, 0) is 38.8 Å². The Hall–Kier alpha value is -0.940. The lowest BCUT2D eigenvalue weighted by Crippen LogP contribution is -2.09. The topological polar surface area (TPSA) is 43.4 Å². The van der Waals surface area contributed by atoms with Crippen LogP contribution in [0.5, 0.6) is 0 Å². The number of rotatable bonds is 6. The van der Waals surface area contributed by atoms with Crippen molar-refractivity contribution in [3.05, 3.63) is 36.2 Å². The maximum Gasteiger partial charge on any atom is 0.296 e. The van der Waals surface area contributed by atoms with Crippen molar-refractivity contribution in [1.29, 1.82) is 0 Å². The zero-order chi connectivity index (χ0) is 12.9. The minimum atomic E-state index is -3.73. The van der Waals surface area contributed by atoms with Gasteiger partial charge in [-0.3, -0.25) is 4.18 Å². The second-order valence-corrected chi connectivity index (χ2v) is 5.47. The fourth-order valence-electron chi connectivity index (χ4n) is 1.21. The minimum absolute atomic E-state index is 0.107. The third-order valence-corrected chi connectivity index (χ3v) is 3.44. The standard InChI is InChI=1S/C12H16FO3S/c1-10-5-7-12(8-6-10)17(14,15)16-9-3-4-11(2)13/h3,5-8,11H,4,9H2,1-2H3. The Balaban J connectivity index is 2.54. The first-order valence-electron chi connectivity index (χ1n) is 5.33. The van der Waals surface area contributed by atoms with Crippen LogP contribution in [0.1, 0.15) is 18.9 Å². The molecule has 0 aromatic heterocycles. The van der Waals surface area contributed by atoms with Crippen LogP contribution in [0.25, 0.3) is 0 Å². The van der Waals surface area contributed by atoms with Crippen LogP contribution in [0.15, 0.2) is 29.2 Å². The molecule has 0 N–H and O–H groups in total. The van der Waals surface area contributed by atoms with Crippen LogP contribution < -0.4 is 0 Å². The van der Waals surface area contributed by atoms with Gasteiger partial charge in [0.2, 0.25) is 0 Å². The second kappa shape index (κ2) is 6.12. The average Bonchev–Trinajstić information content (AvgIpc) is 2.25. The summed E-state index contributed by atoms with van der Waals surface area (Å²) in [5, 5.41) is 0. The first-order valence-corrected chi connectivity index (χ1v) is 6.74. The predicted octanol–water partition coefficient (Wildman–Crippen LogP) is 2.65. The number of hydrogen-bond acceptors (Lipinski definition) is 3. The quantitative estimate of drug-likeness (QED) is 0.582. The maximum atomic E-state index is 12.5. The Morgan fingerprint density at radius 2 is 1.94 bits per heavy atom. The molecular weight excluding hydrogens is 243 g/mol. The number of benzene rings is 1. The van der Waals surface area contributed by atoms with E-state index in [0.717, 1.165) is 5.56 Å². The summed E-state index contributed by atoms with van der Waals surface area (Å²) in [7, 11) is -3.73. The molecular formula is C12H16FO3S. The Morgan fingerprint density at radius 3 is 2.47 bits per heavy atom. The van der Waals surface area contributed by atoms with Crippen LogP contribution in [0.2, 0.25) is 0 Å². The molecule has 17 heavy (non-hydrogen) atoms. The lowest BCUT2D eigenvalue weighted by atomic mass is 10.2. The maximum absolute atomic E-state index is 12.5. The molecule has 0 amide bonds. The summed E-state index contributed by atoms with van der Waals surface area (Å²) in [6, 6.07) is 6.37. The first-order chi connectivity index (χ1) is 7.92. The molecule has 1 aromatic rings. The third-order valence-electron chi connectivity index (χ3n) is 2.14. The van der Waals surface area contributed by atoms with Gasteiger partial charge in [-0.25, -0.2) is 4.39 Å². The van der Waals surface area contributed by atoms with Crippen LogP contribution >= 0.6 is 0 Å². The fraction of sp³-hybridized carbons (Fsp3) is 0.417. The smallest absolute Gasteiger partial charge is 0.266 e. The van der Waals surface area contributed by atoms with Gasteiger partial charge >= 0.3 is 0 Å². The van der Waals surface area contributed by atoms with E-state index >= 15 is 0 Å². The average molecular weight is 259 g/mol. The van der Waals surface area contributed by atoms with E-state index in [4.69, 9.17) is 4.18 Å². The van der Waals surface area contributed by atoms with Crippen molar-refractivity contribution in [1.82, 2.24) is 0 Å². The largest absolute Gasteiger partial charge is 0.296 e. The number of halogens is 1. The normalized spacial score (nSPS) is 13.6. The molecule has 3 nitrogen and oxygen atoms in total. The minimum Gasteiger partial charge on any atom is -0.266 e. The van der Waals surface area contributed by atoms with Crippen LogP contribution in [-0.4, -0.2) is 21.2 Å². The molecule has 0 spiro atoms. The van der Waals surface area contributed by atoms with Gasteiger partial charge < -0.3 is 0 Å². The third kappa shape index (κ3) is 4.83. The van der Waals surface area contributed by atoms with E-state index in [1.807, 2.05) is 6.92 Å². The van der Waals surface area contributed by atoms with E-state index in [-0.39, 0.29) is 17.9 Å². The van der Waals surface area contributed by atoms with Gasteiger partial charge in [0.1, 0.15) is 0 Å². The van der Waals surface area contributed by atoms with Gasteiger partial charge in [0.15, 0.2) is 0 Å². The van der Waals surface area contributed by atoms with Gasteiger partial charge in [-0.2, -0.15) is 8.42 Å². The Bertz CT molecular complexity index is 437. The zero-order valence-corrected chi connectivity index (χ0v) is 10.7. The highest BCUT2D eigenvalue weighted by molar-refractivity contribution is 7.86. The molecule has 1 aromatic carbocycles. The van der Waals surface area contributed by atoms with Crippen LogP contribution in [0.4, 0.5) is 4.39 Å². The van der Waals surface area contributed by atoms with Gasteiger partial charge in [0.05, 0.1) is 17.7 Å². The summed E-state index contributed by atoms with van der Waals surface area (Å²) in [5.74, 6) is 0. The zero-order valence-electron chi connectivity index (χ0n) is 9.89. The molecule has 1 unspecified atom stereocenters. The summed E-state index contributed by atoms with van der Waals surface area (Å²) >= 11 is 0. The van der Waals surface area contributed by atoms with Crippen molar-refractivity contribution in [3.63, 3.8) is 0 Å². The predicted molar refractivity (Wildman–Crippen MR) is 63.8 cm³/mol. The summed E-state index contributed by atoms with van der Waals surface area (Å²) in [5.41, 5.74) is 0.974. The molecule has 0 aliphatic rings. The van der Waals surface area contributed by atoms with Crippen molar-refractivity contribution in [2.75, 3.05) is 6.61 Å². The number of aryl methyl sites for hydroxylation is 1. The molecule has 0 bridgehead atoms. The molecule has 1 radical (unpaired) electrons. The lowest BCUT2D eigenvalue weighted by molar-refractivity contribution is 0.312. The Labute approximate surface area is 102 Å². The molecule has 0 fully saturated rings. The van der Waals surface area contributed by atoms with Crippen molar-refractivity contribution in [3.8, 4) is 0 Å². The molecule has 1 rings (SSSR count). The molecule has 0 aliphatic heterocycles. The molecule has 5 heteroatoms. The molecule has 0 heterocycles. The number of alkyl halides is 1. The Kier molecular flexibility index (Phi) is 5.08. The van der Waals surface area contributed by atoms with E-state index in [0.29, 0.717) is 0 Å². The van der Waals surface area contributed by atoms with Crippen molar-refractivity contribution in [2.24, 2.45) is 0 Å². The second-order valence-electron chi connectivity index (χ2n) is 3.86. The van der Waals surface area contributed by atoms with E-state index in [9.17, 15) is 12.8 Å². The Morgan fingerprint density at radius 1 is 1.35 bits per heavy atom. The molecule has 0 saturated heterocycles. The summed E-state index contributed by atoms with van der Waals surface area (Å²) in [4.78, 5) is 0.116. The van der Waals surface area contributed by atoms with E-state index < -0.39 is 16.3 Å². The van der Waals surface area contributed by atoms with Crippen molar-refractivity contribution in [2.45, 2.75) is 31.3 Å².